The second kappa shape index (κ2) is 6.99. The van der Waals surface area contributed by atoms with Gasteiger partial charge in [-0.15, -0.1) is 0 Å². The average molecular weight is 289 g/mol. The van der Waals surface area contributed by atoms with E-state index in [-0.39, 0.29) is 12.1 Å². The third kappa shape index (κ3) is 4.27. The highest BCUT2D eigenvalue weighted by atomic mass is 19.1. The van der Waals surface area contributed by atoms with Gasteiger partial charge in [0.15, 0.2) is 0 Å². The molecule has 2 N–H and O–H groups in total. The first-order chi connectivity index (χ1) is 10.2. The molecule has 7 heteroatoms. The highest BCUT2D eigenvalue weighted by Gasteiger charge is 2.11. The lowest BCUT2D eigenvalue weighted by atomic mass is 10.2. The van der Waals surface area contributed by atoms with Crippen LogP contribution < -0.4 is 10.7 Å². The summed E-state index contributed by atoms with van der Waals surface area (Å²) in [5.74, 6) is -1.38. The van der Waals surface area contributed by atoms with Gasteiger partial charge in [0.2, 0.25) is 0 Å². The molecule has 0 spiro atoms. The number of benzene rings is 1. The SMILES string of the molecule is O=C(CNC(=O)c1ccccc1F)N/N=C\c1ccco1. The topological polar surface area (TPSA) is 83.7 Å². The molecule has 0 saturated heterocycles. The van der Waals surface area contributed by atoms with Crippen LogP contribution in [-0.2, 0) is 4.79 Å². The van der Waals surface area contributed by atoms with Gasteiger partial charge in [0.05, 0.1) is 24.6 Å². The van der Waals surface area contributed by atoms with E-state index in [0.29, 0.717) is 5.76 Å². The number of carbonyl (C=O) groups excluding carboxylic acids is 2. The summed E-state index contributed by atoms with van der Waals surface area (Å²) in [6.07, 6.45) is 2.79. The summed E-state index contributed by atoms with van der Waals surface area (Å²) in [6.45, 7) is -0.317. The standard InChI is InChI=1S/C14H12FN3O3/c15-12-6-2-1-5-11(12)14(20)16-9-13(19)18-17-8-10-4-3-7-21-10/h1-8H,9H2,(H,16,20)(H,18,19)/b17-8-. The lowest BCUT2D eigenvalue weighted by Crippen LogP contribution is -2.35. The van der Waals surface area contributed by atoms with Gasteiger partial charge in [-0.3, -0.25) is 9.59 Å². The summed E-state index contributed by atoms with van der Waals surface area (Å²) in [4.78, 5) is 23.1. The third-order valence-corrected chi connectivity index (χ3v) is 2.45. The normalized spacial score (nSPS) is 10.5. The van der Waals surface area contributed by atoms with Crippen LogP contribution in [0.1, 0.15) is 16.1 Å². The van der Waals surface area contributed by atoms with Crippen molar-refractivity contribution in [1.29, 1.82) is 0 Å². The van der Waals surface area contributed by atoms with Gasteiger partial charge in [0.25, 0.3) is 11.8 Å². The molecule has 2 rings (SSSR count). The van der Waals surface area contributed by atoms with Crippen molar-refractivity contribution in [2.24, 2.45) is 5.10 Å². The van der Waals surface area contributed by atoms with Crippen LogP contribution in [0.25, 0.3) is 0 Å². The molecule has 0 atom stereocenters. The van der Waals surface area contributed by atoms with E-state index in [1.807, 2.05) is 0 Å². The molecule has 0 aliphatic rings. The molecule has 1 aromatic heterocycles. The van der Waals surface area contributed by atoms with Crippen LogP contribution in [0.15, 0.2) is 52.2 Å². The molecule has 2 aromatic rings. The summed E-state index contributed by atoms with van der Waals surface area (Å²) < 4.78 is 18.3. The fraction of sp³-hybridized carbons (Fsp3) is 0.0714. The highest BCUT2D eigenvalue weighted by Crippen LogP contribution is 2.05. The zero-order valence-electron chi connectivity index (χ0n) is 10.9. The first kappa shape index (κ1) is 14.4. The van der Waals surface area contributed by atoms with E-state index in [0.717, 1.165) is 0 Å². The molecule has 0 bridgehead atoms. The Balaban J connectivity index is 1.79. The number of hydrogen-bond acceptors (Lipinski definition) is 4. The Morgan fingerprint density at radius 2 is 2.05 bits per heavy atom. The van der Waals surface area contributed by atoms with Crippen molar-refractivity contribution in [3.8, 4) is 0 Å². The molecule has 0 fully saturated rings. The number of amides is 2. The predicted molar refractivity (Wildman–Crippen MR) is 73.2 cm³/mol. The lowest BCUT2D eigenvalue weighted by Gasteiger charge is -2.04. The van der Waals surface area contributed by atoms with Crippen molar-refractivity contribution < 1.29 is 18.4 Å². The Labute approximate surface area is 119 Å². The minimum absolute atomic E-state index is 0.121. The van der Waals surface area contributed by atoms with E-state index < -0.39 is 17.6 Å². The number of hydrogen-bond donors (Lipinski definition) is 2. The molecule has 0 aliphatic carbocycles. The molecule has 0 radical (unpaired) electrons. The summed E-state index contributed by atoms with van der Waals surface area (Å²) >= 11 is 0. The minimum Gasteiger partial charge on any atom is -0.463 e. The van der Waals surface area contributed by atoms with E-state index in [4.69, 9.17) is 4.42 Å². The van der Waals surface area contributed by atoms with Gasteiger partial charge >= 0.3 is 0 Å². The van der Waals surface area contributed by atoms with Gasteiger partial charge < -0.3 is 9.73 Å². The van der Waals surface area contributed by atoms with Crippen LogP contribution >= 0.6 is 0 Å². The van der Waals surface area contributed by atoms with Crippen LogP contribution in [0, 0.1) is 5.82 Å². The Kier molecular flexibility index (Phi) is 4.81. The second-order valence-electron chi connectivity index (χ2n) is 3.97. The lowest BCUT2D eigenvalue weighted by molar-refractivity contribution is -0.120. The van der Waals surface area contributed by atoms with Crippen LogP contribution in [0.5, 0.6) is 0 Å². The molecule has 0 unspecified atom stereocenters. The van der Waals surface area contributed by atoms with Crippen LogP contribution in [0.2, 0.25) is 0 Å². The maximum atomic E-state index is 13.3. The second-order valence-corrected chi connectivity index (χ2v) is 3.97. The summed E-state index contributed by atoms with van der Waals surface area (Å²) in [7, 11) is 0. The first-order valence-corrected chi connectivity index (χ1v) is 6.05. The Morgan fingerprint density at radius 3 is 2.76 bits per heavy atom. The molecule has 1 heterocycles. The number of rotatable bonds is 5. The van der Waals surface area contributed by atoms with Crippen molar-refractivity contribution in [2.45, 2.75) is 0 Å². The fourth-order valence-electron chi connectivity index (χ4n) is 1.47. The largest absolute Gasteiger partial charge is 0.463 e. The van der Waals surface area contributed by atoms with E-state index in [1.54, 1.807) is 12.1 Å². The van der Waals surface area contributed by atoms with Crippen LogP contribution in [0.4, 0.5) is 4.39 Å². The number of nitrogens with zero attached hydrogens (tertiary/aromatic N) is 1. The quantitative estimate of drug-likeness (QED) is 0.643. The van der Waals surface area contributed by atoms with Gasteiger partial charge in [0.1, 0.15) is 11.6 Å². The van der Waals surface area contributed by atoms with E-state index in [2.05, 4.69) is 15.8 Å². The van der Waals surface area contributed by atoms with Gasteiger partial charge in [-0.05, 0) is 24.3 Å². The number of nitrogens with one attached hydrogen (secondary N) is 2. The van der Waals surface area contributed by atoms with Gasteiger partial charge in [-0.1, -0.05) is 12.1 Å². The van der Waals surface area contributed by atoms with Gasteiger partial charge in [-0.2, -0.15) is 5.10 Å². The minimum atomic E-state index is -0.668. The van der Waals surface area contributed by atoms with Gasteiger partial charge in [0, 0.05) is 0 Å². The number of hydrazone groups is 1. The molecular weight excluding hydrogens is 277 g/mol. The monoisotopic (exact) mass is 289 g/mol. The van der Waals surface area contributed by atoms with Crippen molar-refractivity contribution >= 4 is 18.0 Å². The molecule has 2 amide bonds. The fourth-order valence-corrected chi connectivity index (χ4v) is 1.47. The van der Waals surface area contributed by atoms with E-state index >= 15 is 0 Å². The summed E-state index contributed by atoms with van der Waals surface area (Å²) in [6, 6.07) is 8.85. The Bertz CT molecular complexity index is 653. The average Bonchev–Trinajstić information content (AvgIpc) is 2.98. The number of halogens is 1. The third-order valence-electron chi connectivity index (χ3n) is 2.45. The highest BCUT2D eigenvalue weighted by molar-refractivity contribution is 5.96. The molecule has 6 nitrogen and oxygen atoms in total. The molecule has 1 aromatic carbocycles. The Morgan fingerprint density at radius 1 is 1.24 bits per heavy atom. The Hall–Kier alpha value is -2.96. The maximum Gasteiger partial charge on any atom is 0.259 e. The van der Waals surface area contributed by atoms with Crippen LogP contribution in [-0.4, -0.2) is 24.6 Å². The molecule has 0 saturated carbocycles. The molecule has 0 aliphatic heterocycles. The zero-order valence-corrected chi connectivity index (χ0v) is 10.9. The summed E-state index contributed by atoms with van der Waals surface area (Å²) in [5.41, 5.74) is 2.08. The first-order valence-electron chi connectivity index (χ1n) is 6.05. The predicted octanol–water partition coefficient (Wildman–Crippen LogP) is 1.30. The van der Waals surface area contributed by atoms with Crippen molar-refractivity contribution in [1.82, 2.24) is 10.7 Å². The maximum absolute atomic E-state index is 13.3. The van der Waals surface area contributed by atoms with Crippen molar-refractivity contribution in [2.75, 3.05) is 6.54 Å². The number of carbonyl (C=O) groups is 2. The summed E-state index contributed by atoms with van der Waals surface area (Å²) in [5, 5.41) is 5.93. The van der Waals surface area contributed by atoms with Crippen molar-refractivity contribution in [3.63, 3.8) is 0 Å². The zero-order chi connectivity index (χ0) is 15.1. The van der Waals surface area contributed by atoms with E-state index in [1.165, 1.54) is 36.7 Å². The molecular formula is C14H12FN3O3. The molecule has 21 heavy (non-hydrogen) atoms. The molecule has 108 valence electrons. The van der Waals surface area contributed by atoms with Crippen LogP contribution in [0.3, 0.4) is 0 Å². The van der Waals surface area contributed by atoms with Gasteiger partial charge in [-0.25, -0.2) is 9.82 Å². The van der Waals surface area contributed by atoms with Crippen molar-refractivity contribution in [3.05, 3.63) is 59.8 Å². The number of furan rings is 1. The smallest absolute Gasteiger partial charge is 0.259 e. The van der Waals surface area contributed by atoms with E-state index in [9.17, 15) is 14.0 Å².